The van der Waals surface area contributed by atoms with Crippen molar-refractivity contribution in [1.29, 1.82) is 0 Å². The molecule has 0 aliphatic heterocycles. The molecule has 0 radical (unpaired) electrons. The van der Waals surface area contributed by atoms with Gasteiger partial charge in [0.05, 0.1) is 11.6 Å². The zero-order chi connectivity index (χ0) is 22.8. The van der Waals surface area contributed by atoms with Crippen molar-refractivity contribution in [3.8, 4) is 0 Å². The Morgan fingerprint density at radius 2 is 1.09 bits per heavy atom. The van der Waals surface area contributed by atoms with Crippen molar-refractivity contribution in [3.63, 3.8) is 0 Å². The third-order valence-corrected chi connectivity index (χ3v) is 16.2. The van der Waals surface area contributed by atoms with E-state index in [0.717, 1.165) is 0 Å². The van der Waals surface area contributed by atoms with Crippen molar-refractivity contribution in [2.75, 3.05) is 0 Å². The van der Waals surface area contributed by atoms with E-state index in [9.17, 15) is 0 Å². The normalized spacial score (nSPS) is 12.5. The van der Waals surface area contributed by atoms with Gasteiger partial charge in [0, 0.05) is 5.56 Å². The predicted molar refractivity (Wildman–Crippen MR) is 146 cm³/mol. The minimum atomic E-state index is -2.02. The molecule has 0 spiro atoms. The van der Waals surface area contributed by atoms with Crippen LogP contribution in [0.25, 0.3) is 0 Å². The summed E-state index contributed by atoms with van der Waals surface area (Å²) in [6, 6.07) is 35.2. The Hall–Kier alpha value is -2.54. The first-order valence-electron chi connectivity index (χ1n) is 11.3. The molecule has 164 valence electrons. The van der Waals surface area contributed by atoms with Gasteiger partial charge in [-0.1, -0.05) is 125 Å². The van der Waals surface area contributed by atoms with Gasteiger partial charge in [-0.05, 0) is 39.7 Å². The lowest BCUT2D eigenvalue weighted by molar-refractivity contribution is 0.587. The fraction of sp³-hybridized carbons (Fsp3) is 0.207. The number of furan rings is 1. The monoisotopic (exact) mass is 456 g/mol. The summed E-state index contributed by atoms with van der Waals surface area (Å²) in [5.74, 6) is 2.49. The standard InChI is InChI=1S/C29H33OPSi/c1-29(2,3)32(4,5)28-21-24(22-30-28)23-31(25-15-9-6-10-16-25,26-17-11-7-12-18-26)27-19-13-8-14-20-27/h6-23H,1-5H3. The van der Waals surface area contributed by atoms with E-state index >= 15 is 0 Å². The average Bonchev–Trinajstić information content (AvgIpc) is 3.28. The highest BCUT2D eigenvalue weighted by Gasteiger charge is 2.40. The van der Waals surface area contributed by atoms with Crippen LogP contribution in [0, 0.1) is 0 Å². The highest BCUT2D eigenvalue weighted by atomic mass is 31.2. The molecule has 0 saturated carbocycles. The van der Waals surface area contributed by atoms with Gasteiger partial charge in [0.25, 0.3) is 0 Å². The number of benzene rings is 3. The van der Waals surface area contributed by atoms with Gasteiger partial charge in [-0.15, -0.1) is 0 Å². The lowest BCUT2D eigenvalue weighted by atomic mass is 10.2. The second kappa shape index (κ2) is 8.77. The van der Waals surface area contributed by atoms with E-state index < -0.39 is 15.0 Å². The Labute approximate surface area is 194 Å². The van der Waals surface area contributed by atoms with Crippen molar-refractivity contribution in [2.45, 2.75) is 38.9 Å². The Morgan fingerprint density at radius 3 is 1.47 bits per heavy atom. The van der Waals surface area contributed by atoms with Crippen LogP contribution in [0.2, 0.25) is 18.1 Å². The fourth-order valence-electron chi connectivity index (χ4n) is 4.00. The smallest absolute Gasteiger partial charge is 0.131 e. The molecule has 0 saturated heterocycles. The molecule has 1 nitrogen and oxygen atoms in total. The minimum Gasteiger partial charge on any atom is -0.474 e. The number of hydrogen-bond donors (Lipinski definition) is 0. The van der Waals surface area contributed by atoms with Gasteiger partial charge in [-0.3, -0.25) is 0 Å². The third kappa shape index (κ3) is 4.10. The van der Waals surface area contributed by atoms with Crippen LogP contribution in [0.3, 0.4) is 0 Å². The molecule has 0 amide bonds. The summed E-state index contributed by atoms with van der Waals surface area (Å²) in [4.78, 5) is 0. The second-order valence-electron chi connectivity index (χ2n) is 9.98. The zero-order valence-corrected chi connectivity index (χ0v) is 21.6. The molecule has 3 aromatic carbocycles. The summed E-state index contributed by atoms with van der Waals surface area (Å²) in [6.45, 7) is 9.79. The molecule has 4 aromatic rings. The van der Waals surface area contributed by atoms with Crippen LogP contribution < -0.4 is 21.3 Å². The molecule has 0 aliphatic carbocycles. The largest absolute Gasteiger partial charge is 0.474 e. The molecule has 4 rings (SSSR count). The van der Waals surface area contributed by atoms with Crippen LogP contribution in [0.4, 0.5) is 0 Å². The summed E-state index contributed by atoms with van der Waals surface area (Å²) in [6.07, 6.45) is 1.97. The molecule has 0 fully saturated rings. The maximum Gasteiger partial charge on any atom is 0.131 e. The van der Waals surface area contributed by atoms with Crippen LogP contribution >= 0.6 is 6.89 Å². The summed E-state index contributed by atoms with van der Waals surface area (Å²) >= 11 is 0. The van der Waals surface area contributed by atoms with Crippen LogP contribution in [-0.2, 0) is 0 Å². The van der Waals surface area contributed by atoms with Gasteiger partial charge >= 0.3 is 0 Å². The van der Waals surface area contributed by atoms with Crippen molar-refractivity contribution >= 4 is 42.1 Å². The molecular formula is C29H33OPSi. The van der Waals surface area contributed by atoms with E-state index in [4.69, 9.17) is 4.42 Å². The molecule has 0 aliphatic rings. The Bertz CT molecular complexity index is 1110. The summed E-state index contributed by atoms with van der Waals surface area (Å²) in [5, 5.41) is 5.46. The molecule has 1 aromatic heterocycles. The SMILES string of the molecule is CC(C)(C)[Si](C)(C)c1cc(C=P(c2ccccc2)(c2ccccc2)c2ccccc2)co1. The van der Waals surface area contributed by atoms with Crippen LogP contribution in [0.15, 0.2) is 108 Å². The Morgan fingerprint density at radius 1 is 0.688 bits per heavy atom. The third-order valence-electron chi connectivity index (χ3n) is 6.94. The molecular weight excluding hydrogens is 423 g/mol. The maximum atomic E-state index is 6.26. The van der Waals surface area contributed by atoms with Gasteiger partial charge in [0.15, 0.2) is 0 Å². The molecule has 0 bridgehead atoms. The molecule has 3 heteroatoms. The van der Waals surface area contributed by atoms with Gasteiger partial charge in [0.1, 0.15) is 8.07 Å². The van der Waals surface area contributed by atoms with E-state index in [1.165, 1.54) is 26.9 Å². The average molecular weight is 457 g/mol. The Balaban J connectivity index is 2.03. The first-order valence-corrected chi connectivity index (χ1v) is 16.1. The molecule has 32 heavy (non-hydrogen) atoms. The van der Waals surface area contributed by atoms with Gasteiger partial charge in [-0.25, -0.2) is 0 Å². The predicted octanol–water partition coefficient (Wildman–Crippen LogP) is 6.14. The second-order valence-corrected chi connectivity index (χ2v) is 18.5. The summed E-state index contributed by atoms with van der Waals surface area (Å²) < 4.78 is 6.26. The maximum absolute atomic E-state index is 6.26. The van der Waals surface area contributed by atoms with Gasteiger partial charge < -0.3 is 4.42 Å². The van der Waals surface area contributed by atoms with E-state index in [1.807, 2.05) is 6.26 Å². The van der Waals surface area contributed by atoms with Crippen molar-refractivity contribution < 1.29 is 4.42 Å². The lowest BCUT2D eigenvalue weighted by Gasteiger charge is -2.34. The van der Waals surface area contributed by atoms with E-state index in [2.05, 4.69) is 137 Å². The van der Waals surface area contributed by atoms with Crippen molar-refractivity contribution in [1.82, 2.24) is 0 Å². The highest BCUT2D eigenvalue weighted by Crippen LogP contribution is 2.44. The molecule has 0 unspecified atom stereocenters. The summed E-state index contributed by atoms with van der Waals surface area (Å²) in [7, 11) is -1.75. The minimum absolute atomic E-state index is 0.229. The van der Waals surface area contributed by atoms with Crippen LogP contribution in [0.1, 0.15) is 26.3 Å². The first-order chi connectivity index (χ1) is 15.2. The van der Waals surface area contributed by atoms with E-state index in [-0.39, 0.29) is 5.04 Å². The number of hydrogen-bond acceptors (Lipinski definition) is 1. The summed E-state index contributed by atoms with van der Waals surface area (Å²) in [5.41, 5.74) is 1.18. The number of rotatable bonds is 5. The lowest BCUT2D eigenvalue weighted by Crippen LogP contribution is -2.48. The van der Waals surface area contributed by atoms with Crippen LogP contribution in [-0.4, -0.2) is 13.9 Å². The fourth-order valence-corrected chi connectivity index (χ4v) is 9.47. The van der Waals surface area contributed by atoms with Gasteiger partial charge in [0.2, 0.25) is 0 Å². The topological polar surface area (TPSA) is 13.1 Å². The van der Waals surface area contributed by atoms with Gasteiger partial charge in [-0.2, -0.15) is 0 Å². The quantitative estimate of drug-likeness (QED) is 0.260. The zero-order valence-electron chi connectivity index (χ0n) is 19.7. The van der Waals surface area contributed by atoms with Crippen molar-refractivity contribution in [2.24, 2.45) is 0 Å². The molecule has 1 heterocycles. The van der Waals surface area contributed by atoms with E-state index in [0.29, 0.717) is 0 Å². The first kappa shape index (κ1) is 22.6. The Kier molecular flexibility index (Phi) is 6.21. The molecule has 0 atom stereocenters. The molecule has 0 N–H and O–H groups in total. The van der Waals surface area contributed by atoms with E-state index in [1.54, 1.807) is 0 Å². The highest BCUT2D eigenvalue weighted by molar-refractivity contribution is 7.94. The van der Waals surface area contributed by atoms with Crippen LogP contribution in [0.5, 0.6) is 0 Å². The van der Waals surface area contributed by atoms with Crippen molar-refractivity contribution in [3.05, 3.63) is 109 Å².